The van der Waals surface area contributed by atoms with Gasteiger partial charge in [-0.15, -0.1) is 0 Å². The summed E-state index contributed by atoms with van der Waals surface area (Å²) in [5, 5.41) is 4.18. The Labute approximate surface area is 117 Å². The first-order chi connectivity index (χ1) is 9.70. The second-order valence-corrected chi connectivity index (χ2v) is 4.91. The first-order valence-corrected chi connectivity index (χ1v) is 6.75. The number of hydrogen-bond acceptors (Lipinski definition) is 4. The maximum Gasteiger partial charge on any atom is 0.131 e. The zero-order valence-corrected chi connectivity index (χ0v) is 11.7. The van der Waals surface area contributed by atoms with Crippen LogP contribution in [0.1, 0.15) is 30.8 Å². The van der Waals surface area contributed by atoms with Gasteiger partial charge in [0.05, 0.1) is 24.0 Å². The first-order valence-electron chi connectivity index (χ1n) is 6.75. The van der Waals surface area contributed by atoms with Gasteiger partial charge in [0.2, 0.25) is 0 Å². The molecule has 0 aliphatic carbocycles. The highest BCUT2D eigenvalue weighted by molar-refractivity contribution is 5.75. The van der Waals surface area contributed by atoms with Crippen LogP contribution < -0.4 is 5.73 Å². The Bertz CT molecular complexity index is 726. The van der Waals surface area contributed by atoms with Gasteiger partial charge in [-0.2, -0.15) is 5.10 Å². The fraction of sp³-hybridized carbons (Fsp3) is 0.357. The molecule has 0 aliphatic heterocycles. The van der Waals surface area contributed by atoms with Crippen LogP contribution in [-0.4, -0.2) is 24.3 Å². The van der Waals surface area contributed by atoms with Crippen molar-refractivity contribution < 1.29 is 0 Å². The minimum Gasteiger partial charge on any atom is -0.326 e. The zero-order valence-electron chi connectivity index (χ0n) is 11.7. The average molecular weight is 270 g/mol. The highest BCUT2D eigenvalue weighted by Gasteiger charge is 2.19. The molecule has 0 saturated carbocycles. The molecule has 1 atom stereocenters. The molecule has 2 N–H and O–H groups in total. The van der Waals surface area contributed by atoms with Gasteiger partial charge in [-0.25, -0.2) is 4.98 Å². The molecule has 6 heteroatoms. The van der Waals surface area contributed by atoms with Crippen molar-refractivity contribution in [3.63, 3.8) is 0 Å². The smallest absolute Gasteiger partial charge is 0.131 e. The third-order valence-electron chi connectivity index (χ3n) is 3.39. The van der Waals surface area contributed by atoms with Crippen molar-refractivity contribution in [2.24, 2.45) is 12.8 Å². The Morgan fingerprint density at radius 2 is 2.20 bits per heavy atom. The Morgan fingerprint density at radius 1 is 1.35 bits per heavy atom. The van der Waals surface area contributed by atoms with Crippen LogP contribution in [0.15, 0.2) is 30.9 Å². The van der Waals surface area contributed by atoms with Crippen molar-refractivity contribution in [3.05, 3.63) is 42.2 Å². The topological polar surface area (TPSA) is 74.6 Å². The van der Waals surface area contributed by atoms with E-state index in [1.54, 1.807) is 23.3 Å². The molecule has 104 valence electrons. The summed E-state index contributed by atoms with van der Waals surface area (Å²) in [5.41, 5.74) is 9.30. The normalized spacial score (nSPS) is 12.9. The van der Waals surface area contributed by atoms with Gasteiger partial charge in [0, 0.05) is 31.5 Å². The van der Waals surface area contributed by atoms with E-state index in [0.29, 0.717) is 0 Å². The number of nitrogens with zero attached hydrogens (tertiary/aromatic N) is 5. The molecule has 0 bridgehead atoms. The zero-order chi connectivity index (χ0) is 14.1. The van der Waals surface area contributed by atoms with Gasteiger partial charge >= 0.3 is 0 Å². The van der Waals surface area contributed by atoms with Crippen molar-refractivity contribution in [1.82, 2.24) is 24.3 Å². The van der Waals surface area contributed by atoms with Gasteiger partial charge < -0.3 is 10.3 Å². The van der Waals surface area contributed by atoms with Gasteiger partial charge in [0.1, 0.15) is 11.3 Å². The second kappa shape index (κ2) is 5.05. The van der Waals surface area contributed by atoms with E-state index in [-0.39, 0.29) is 6.04 Å². The summed E-state index contributed by atoms with van der Waals surface area (Å²) in [7, 11) is 1.88. The van der Waals surface area contributed by atoms with Crippen LogP contribution in [0.25, 0.3) is 11.0 Å². The number of aryl methyl sites for hydroxylation is 2. The number of rotatable bonds is 4. The van der Waals surface area contributed by atoms with Crippen molar-refractivity contribution in [2.45, 2.75) is 25.9 Å². The Morgan fingerprint density at radius 3 is 2.90 bits per heavy atom. The number of aromatic nitrogens is 5. The van der Waals surface area contributed by atoms with Gasteiger partial charge in [-0.3, -0.25) is 9.67 Å². The summed E-state index contributed by atoms with van der Waals surface area (Å²) in [5.74, 6) is 0.864. The van der Waals surface area contributed by atoms with Gasteiger partial charge in [-0.1, -0.05) is 6.92 Å². The minimum absolute atomic E-state index is 0.275. The molecule has 0 spiro atoms. The van der Waals surface area contributed by atoms with Crippen LogP contribution in [0.2, 0.25) is 0 Å². The van der Waals surface area contributed by atoms with Crippen molar-refractivity contribution >= 4 is 11.0 Å². The number of imidazole rings is 1. The van der Waals surface area contributed by atoms with E-state index in [1.807, 2.05) is 19.3 Å². The van der Waals surface area contributed by atoms with E-state index in [2.05, 4.69) is 26.6 Å². The SMILES string of the molecule is CCCn1c(C(N)c2cnn(C)c2)nc2cnccc21. The third-order valence-corrected chi connectivity index (χ3v) is 3.39. The largest absolute Gasteiger partial charge is 0.326 e. The molecule has 0 amide bonds. The van der Waals surface area contributed by atoms with Gasteiger partial charge in [0.15, 0.2) is 0 Å². The van der Waals surface area contributed by atoms with E-state index in [9.17, 15) is 0 Å². The summed E-state index contributed by atoms with van der Waals surface area (Å²) in [4.78, 5) is 8.79. The monoisotopic (exact) mass is 270 g/mol. The van der Waals surface area contributed by atoms with Crippen molar-refractivity contribution in [3.8, 4) is 0 Å². The Kier molecular flexibility index (Phi) is 3.23. The predicted octanol–water partition coefficient (Wildman–Crippen LogP) is 1.62. The fourth-order valence-corrected chi connectivity index (χ4v) is 2.45. The number of hydrogen-bond donors (Lipinski definition) is 1. The summed E-state index contributed by atoms with van der Waals surface area (Å²) in [6, 6.07) is 1.71. The fourth-order valence-electron chi connectivity index (χ4n) is 2.45. The van der Waals surface area contributed by atoms with Crippen LogP contribution in [0, 0.1) is 0 Å². The standard InChI is InChI=1S/C14H18N6/c1-3-6-20-12-4-5-16-8-11(12)18-14(20)13(15)10-7-17-19(2)9-10/h4-5,7-9,13H,3,6,15H2,1-2H3. The molecule has 1 unspecified atom stereocenters. The van der Waals surface area contributed by atoms with Crippen LogP contribution in [-0.2, 0) is 13.6 Å². The molecule has 3 heterocycles. The lowest BCUT2D eigenvalue weighted by Crippen LogP contribution is -2.17. The number of fused-ring (bicyclic) bond motifs is 1. The lowest BCUT2D eigenvalue weighted by molar-refractivity contribution is 0.627. The lowest BCUT2D eigenvalue weighted by atomic mass is 10.1. The molecule has 0 radical (unpaired) electrons. The summed E-state index contributed by atoms with van der Waals surface area (Å²) >= 11 is 0. The van der Waals surface area contributed by atoms with E-state index in [4.69, 9.17) is 5.73 Å². The summed E-state index contributed by atoms with van der Waals surface area (Å²) in [6.45, 7) is 3.04. The third kappa shape index (κ3) is 2.08. The molecule has 0 aromatic carbocycles. The lowest BCUT2D eigenvalue weighted by Gasteiger charge is -2.12. The Hall–Kier alpha value is -2.21. The highest BCUT2D eigenvalue weighted by atomic mass is 15.2. The molecule has 3 rings (SSSR count). The number of nitrogens with two attached hydrogens (primary N) is 1. The van der Waals surface area contributed by atoms with Crippen molar-refractivity contribution in [1.29, 1.82) is 0 Å². The molecule has 20 heavy (non-hydrogen) atoms. The van der Waals surface area contributed by atoms with E-state index in [0.717, 1.165) is 35.4 Å². The first kappa shape index (κ1) is 12.8. The van der Waals surface area contributed by atoms with Gasteiger partial charge in [0.25, 0.3) is 0 Å². The molecule has 0 aliphatic rings. The minimum atomic E-state index is -0.275. The Balaban J connectivity index is 2.12. The molecular weight excluding hydrogens is 252 g/mol. The molecule has 0 fully saturated rings. The molecule has 6 nitrogen and oxygen atoms in total. The second-order valence-electron chi connectivity index (χ2n) is 4.91. The summed E-state index contributed by atoms with van der Waals surface area (Å²) < 4.78 is 3.93. The van der Waals surface area contributed by atoms with Crippen molar-refractivity contribution in [2.75, 3.05) is 0 Å². The molecule has 3 aromatic rings. The van der Waals surface area contributed by atoms with Crippen LogP contribution in [0.5, 0.6) is 0 Å². The summed E-state index contributed by atoms with van der Waals surface area (Å²) in [6.07, 6.45) is 8.31. The molecule has 0 saturated heterocycles. The van der Waals surface area contributed by atoms with Crippen LogP contribution in [0.4, 0.5) is 0 Å². The van der Waals surface area contributed by atoms with E-state index in [1.165, 1.54) is 0 Å². The van der Waals surface area contributed by atoms with Crippen LogP contribution >= 0.6 is 0 Å². The number of pyridine rings is 1. The quantitative estimate of drug-likeness (QED) is 0.781. The van der Waals surface area contributed by atoms with Gasteiger partial charge in [-0.05, 0) is 12.5 Å². The van der Waals surface area contributed by atoms with E-state index >= 15 is 0 Å². The maximum absolute atomic E-state index is 6.37. The average Bonchev–Trinajstić information content (AvgIpc) is 3.03. The van der Waals surface area contributed by atoms with Crippen LogP contribution in [0.3, 0.4) is 0 Å². The molecule has 3 aromatic heterocycles. The molecular formula is C14H18N6. The maximum atomic E-state index is 6.37. The highest BCUT2D eigenvalue weighted by Crippen LogP contribution is 2.23. The predicted molar refractivity (Wildman–Crippen MR) is 77.1 cm³/mol. The van der Waals surface area contributed by atoms with E-state index < -0.39 is 0 Å².